The maximum Gasteiger partial charge on any atom is 0.261 e. The zero-order valence-electron chi connectivity index (χ0n) is 9.86. The molecule has 0 aliphatic rings. The van der Waals surface area contributed by atoms with Gasteiger partial charge in [0.05, 0.1) is 10.9 Å². The van der Waals surface area contributed by atoms with E-state index < -0.39 is 0 Å². The number of aromatic nitrogens is 2. The van der Waals surface area contributed by atoms with E-state index >= 15 is 0 Å². The lowest BCUT2D eigenvalue weighted by Gasteiger charge is -2.13. The minimum atomic E-state index is -0.0571. The summed E-state index contributed by atoms with van der Waals surface area (Å²) in [6.45, 7) is 3.97. The molecule has 0 radical (unpaired) electrons. The Morgan fingerprint density at radius 1 is 1.65 bits per heavy atom. The molecule has 2 rings (SSSR count). The van der Waals surface area contributed by atoms with E-state index in [0.29, 0.717) is 0 Å². The third-order valence-electron chi connectivity index (χ3n) is 2.51. The van der Waals surface area contributed by atoms with Gasteiger partial charge in [-0.25, -0.2) is 4.98 Å². The average Bonchev–Trinajstić information content (AvgIpc) is 2.96. The lowest BCUT2D eigenvalue weighted by molar-refractivity contribution is 0.0938. The van der Waals surface area contributed by atoms with Crippen LogP contribution in [-0.4, -0.2) is 15.9 Å². The van der Waals surface area contributed by atoms with Crippen LogP contribution in [0.5, 0.6) is 0 Å². The molecule has 1 amide bonds. The lowest BCUT2D eigenvalue weighted by atomic mass is 10.2. The molecule has 4 nitrogen and oxygen atoms in total. The number of imidazole rings is 1. The maximum absolute atomic E-state index is 11.9. The van der Waals surface area contributed by atoms with Gasteiger partial charge in [-0.05, 0) is 24.8 Å². The van der Waals surface area contributed by atoms with Crippen LogP contribution < -0.4 is 5.32 Å². The summed E-state index contributed by atoms with van der Waals surface area (Å²) in [7, 11) is 0. The highest BCUT2D eigenvalue weighted by Gasteiger charge is 2.16. The normalized spacial score (nSPS) is 12.4. The number of carbonyl (C=O) groups excluding carboxylic acids is 1. The molecule has 2 aromatic heterocycles. The van der Waals surface area contributed by atoms with Crippen LogP contribution in [0.1, 0.15) is 40.6 Å². The van der Waals surface area contributed by atoms with Crippen LogP contribution in [0, 0.1) is 6.92 Å². The summed E-state index contributed by atoms with van der Waals surface area (Å²) in [5.74, 6) is 0.774. The third kappa shape index (κ3) is 2.74. The summed E-state index contributed by atoms with van der Waals surface area (Å²) in [5.41, 5.74) is 1.00. The van der Waals surface area contributed by atoms with Gasteiger partial charge < -0.3 is 10.3 Å². The fraction of sp³-hybridized carbons (Fsp3) is 0.333. The van der Waals surface area contributed by atoms with Crippen molar-refractivity contribution in [3.8, 4) is 0 Å². The monoisotopic (exact) mass is 249 g/mol. The van der Waals surface area contributed by atoms with Crippen LogP contribution >= 0.6 is 11.3 Å². The van der Waals surface area contributed by atoms with E-state index in [1.54, 1.807) is 6.20 Å². The topological polar surface area (TPSA) is 57.8 Å². The van der Waals surface area contributed by atoms with Crippen molar-refractivity contribution in [2.24, 2.45) is 0 Å². The van der Waals surface area contributed by atoms with E-state index in [1.165, 1.54) is 11.3 Å². The fourth-order valence-corrected chi connectivity index (χ4v) is 2.24. The summed E-state index contributed by atoms with van der Waals surface area (Å²) >= 11 is 1.44. The standard InChI is InChI=1S/C12H15N3OS/c1-3-9(11-13-7-8(2)14-11)15-12(16)10-5-4-6-17-10/h4-7,9H,3H2,1-2H3,(H,13,14)(H,15,16)/t9-/m1/s1. The molecule has 0 saturated carbocycles. The zero-order valence-corrected chi connectivity index (χ0v) is 10.7. The van der Waals surface area contributed by atoms with E-state index in [4.69, 9.17) is 0 Å². The molecule has 2 aromatic rings. The SMILES string of the molecule is CC[C@@H](NC(=O)c1cccs1)c1ncc(C)[nH]1. The van der Waals surface area contributed by atoms with E-state index in [9.17, 15) is 4.79 Å². The first-order valence-electron chi connectivity index (χ1n) is 5.56. The summed E-state index contributed by atoms with van der Waals surface area (Å²) in [4.78, 5) is 20.1. The van der Waals surface area contributed by atoms with Gasteiger partial charge >= 0.3 is 0 Å². The Morgan fingerprint density at radius 2 is 2.47 bits per heavy atom. The molecule has 0 fully saturated rings. The Hall–Kier alpha value is -1.62. The van der Waals surface area contributed by atoms with Gasteiger partial charge in [0.15, 0.2) is 0 Å². The summed E-state index contributed by atoms with van der Waals surface area (Å²) < 4.78 is 0. The fourth-order valence-electron chi connectivity index (χ4n) is 1.61. The molecule has 0 aliphatic heterocycles. The molecule has 2 heterocycles. The van der Waals surface area contributed by atoms with Gasteiger partial charge in [-0.2, -0.15) is 0 Å². The van der Waals surface area contributed by atoms with Crippen LogP contribution in [0.4, 0.5) is 0 Å². The van der Waals surface area contributed by atoms with Gasteiger partial charge in [-0.15, -0.1) is 11.3 Å². The van der Waals surface area contributed by atoms with Crippen molar-refractivity contribution in [3.05, 3.63) is 40.1 Å². The van der Waals surface area contributed by atoms with Crippen LogP contribution in [0.25, 0.3) is 0 Å². The van der Waals surface area contributed by atoms with E-state index in [0.717, 1.165) is 22.8 Å². The van der Waals surface area contributed by atoms with Gasteiger partial charge in [0.1, 0.15) is 5.82 Å². The smallest absolute Gasteiger partial charge is 0.261 e. The molecule has 2 N–H and O–H groups in total. The molecular weight excluding hydrogens is 234 g/mol. The van der Waals surface area contributed by atoms with Crippen molar-refractivity contribution < 1.29 is 4.79 Å². The van der Waals surface area contributed by atoms with Crippen LogP contribution in [0.2, 0.25) is 0 Å². The lowest BCUT2D eigenvalue weighted by Crippen LogP contribution is -2.28. The molecule has 0 aromatic carbocycles. The quantitative estimate of drug-likeness (QED) is 0.875. The number of hydrogen-bond acceptors (Lipinski definition) is 3. The van der Waals surface area contributed by atoms with Gasteiger partial charge in [0, 0.05) is 11.9 Å². The van der Waals surface area contributed by atoms with Crippen molar-refractivity contribution >= 4 is 17.2 Å². The first-order chi connectivity index (χ1) is 8.20. The predicted octanol–water partition coefficient (Wildman–Crippen LogP) is 2.66. The van der Waals surface area contributed by atoms with Gasteiger partial charge in [-0.1, -0.05) is 13.0 Å². The minimum absolute atomic E-state index is 0.0408. The van der Waals surface area contributed by atoms with Gasteiger partial charge in [0.2, 0.25) is 0 Å². The predicted molar refractivity (Wildman–Crippen MR) is 68.1 cm³/mol. The first-order valence-corrected chi connectivity index (χ1v) is 6.44. The number of hydrogen-bond donors (Lipinski definition) is 2. The summed E-state index contributed by atoms with van der Waals surface area (Å²) in [6, 6.07) is 3.64. The number of nitrogens with zero attached hydrogens (tertiary/aromatic N) is 1. The number of thiophene rings is 1. The molecule has 17 heavy (non-hydrogen) atoms. The molecule has 0 aliphatic carbocycles. The van der Waals surface area contributed by atoms with Crippen molar-refractivity contribution in [2.75, 3.05) is 0 Å². The minimum Gasteiger partial charge on any atom is -0.344 e. The van der Waals surface area contributed by atoms with Crippen molar-refractivity contribution in [1.29, 1.82) is 0 Å². The van der Waals surface area contributed by atoms with E-state index in [-0.39, 0.29) is 11.9 Å². The second-order valence-corrected chi connectivity index (χ2v) is 4.81. The van der Waals surface area contributed by atoms with Crippen LogP contribution in [-0.2, 0) is 0 Å². The van der Waals surface area contributed by atoms with Crippen molar-refractivity contribution in [1.82, 2.24) is 15.3 Å². The number of aryl methyl sites for hydroxylation is 1. The maximum atomic E-state index is 11.9. The first kappa shape index (κ1) is 11.9. The Labute approximate surface area is 104 Å². The Kier molecular flexibility index (Phi) is 3.58. The molecule has 5 heteroatoms. The highest BCUT2D eigenvalue weighted by Crippen LogP contribution is 2.15. The van der Waals surface area contributed by atoms with E-state index in [1.807, 2.05) is 31.4 Å². The number of carbonyl (C=O) groups is 1. The Morgan fingerprint density at radius 3 is 3.00 bits per heavy atom. The molecule has 0 spiro atoms. The second kappa shape index (κ2) is 5.14. The molecule has 0 unspecified atom stereocenters. The van der Waals surface area contributed by atoms with E-state index in [2.05, 4.69) is 15.3 Å². The number of H-pyrrole nitrogens is 1. The Bertz CT molecular complexity index is 490. The van der Waals surface area contributed by atoms with Gasteiger partial charge in [-0.3, -0.25) is 4.79 Å². The molecule has 1 atom stereocenters. The van der Waals surface area contributed by atoms with Crippen LogP contribution in [0.15, 0.2) is 23.7 Å². The van der Waals surface area contributed by atoms with Crippen molar-refractivity contribution in [2.45, 2.75) is 26.3 Å². The molecule has 0 saturated heterocycles. The molecular formula is C12H15N3OS. The highest BCUT2D eigenvalue weighted by atomic mass is 32.1. The Balaban J connectivity index is 2.08. The third-order valence-corrected chi connectivity index (χ3v) is 3.38. The molecule has 90 valence electrons. The van der Waals surface area contributed by atoms with Crippen molar-refractivity contribution in [3.63, 3.8) is 0 Å². The summed E-state index contributed by atoms with van der Waals surface area (Å²) in [5, 5.41) is 4.87. The number of nitrogens with one attached hydrogen (secondary N) is 2. The number of rotatable bonds is 4. The van der Waals surface area contributed by atoms with Gasteiger partial charge in [0.25, 0.3) is 5.91 Å². The summed E-state index contributed by atoms with van der Waals surface area (Å²) in [6.07, 6.45) is 2.58. The second-order valence-electron chi connectivity index (χ2n) is 3.86. The zero-order chi connectivity index (χ0) is 12.3. The molecule has 0 bridgehead atoms. The highest BCUT2D eigenvalue weighted by molar-refractivity contribution is 7.12. The number of amides is 1. The number of aromatic amines is 1. The largest absolute Gasteiger partial charge is 0.344 e. The van der Waals surface area contributed by atoms with Crippen LogP contribution in [0.3, 0.4) is 0 Å². The average molecular weight is 249 g/mol.